The van der Waals surface area contributed by atoms with E-state index in [1.165, 1.54) is 30.3 Å². The van der Waals surface area contributed by atoms with E-state index in [4.69, 9.17) is 15.1 Å². The maximum absolute atomic E-state index is 11.7. The Labute approximate surface area is 125 Å². The fourth-order valence-electron chi connectivity index (χ4n) is 1.64. The second kappa shape index (κ2) is 6.28. The number of aromatic carboxylic acids is 1. The lowest BCUT2D eigenvalue weighted by Crippen LogP contribution is -2.16. The number of nitrogens with zero attached hydrogens (tertiary/aromatic N) is 1. The molecule has 0 aliphatic carbocycles. The minimum atomic E-state index is -1.27. The average Bonchev–Trinajstić information content (AvgIpc) is 2.47. The number of carboxylic acid groups (broad SMARTS) is 1. The molecule has 0 aliphatic rings. The maximum Gasteiger partial charge on any atom is 0.417 e. The molecule has 22 heavy (non-hydrogen) atoms. The van der Waals surface area contributed by atoms with Crippen LogP contribution in [0.5, 0.6) is 11.5 Å². The first kappa shape index (κ1) is 14.9. The van der Waals surface area contributed by atoms with Crippen molar-refractivity contribution < 1.29 is 24.5 Å². The van der Waals surface area contributed by atoms with Crippen molar-refractivity contribution in [1.29, 1.82) is 5.26 Å². The SMILES string of the molecule is N#Cc1ccc(OC(=O)Nc2ccc(C(=O)O)c(O)c2)cc1. The van der Waals surface area contributed by atoms with E-state index in [1.807, 2.05) is 6.07 Å². The molecular weight excluding hydrogens is 288 g/mol. The van der Waals surface area contributed by atoms with Crippen molar-refractivity contribution in [2.24, 2.45) is 0 Å². The number of carbonyl (C=O) groups excluding carboxylic acids is 1. The van der Waals surface area contributed by atoms with Gasteiger partial charge in [0.15, 0.2) is 0 Å². The zero-order valence-corrected chi connectivity index (χ0v) is 11.1. The summed E-state index contributed by atoms with van der Waals surface area (Å²) < 4.78 is 4.98. The number of aromatic hydroxyl groups is 1. The summed E-state index contributed by atoms with van der Waals surface area (Å²) in [4.78, 5) is 22.4. The Hall–Kier alpha value is -3.53. The number of amides is 1. The molecule has 110 valence electrons. The van der Waals surface area contributed by atoms with Crippen molar-refractivity contribution in [1.82, 2.24) is 0 Å². The highest BCUT2D eigenvalue weighted by atomic mass is 16.6. The zero-order chi connectivity index (χ0) is 16.1. The van der Waals surface area contributed by atoms with Gasteiger partial charge in [-0.15, -0.1) is 0 Å². The first-order valence-corrected chi connectivity index (χ1v) is 6.05. The topological polar surface area (TPSA) is 120 Å². The summed E-state index contributed by atoms with van der Waals surface area (Å²) in [5.41, 5.74) is 0.342. The molecule has 2 rings (SSSR count). The number of carbonyl (C=O) groups is 2. The highest BCUT2D eigenvalue weighted by molar-refractivity contribution is 5.93. The Morgan fingerprint density at radius 3 is 2.36 bits per heavy atom. The number of nitriles is 1. The molecule has 0 radical (unpaired) electrons. The molecule has 7 heteroatoms. The second-order valence-corrected chi connectivity index (χ2v) is 4.19. The van der Waals surface area contributed by atoms with Crippen LogP contribution in [0.2, 0.25) is 0 Å². The van der Waals surface area contributed by atoms with Crippen LogP contribution >= 0.6 is 0 Å². The van der Waals surface area contributed by atoms with E-state index < -0.39 is 17.8 Å². The largest absolute Gasteiger partial charge is 0.507 e. The van der Waals surface area contributed by atoms with Gasteiger partial charge in [-0.25, -0.2) is 9.59 Å². The quantitative estimate of drug-likeness (QED) is 0.801. The van der Waals surface area contributed by atoms with Gasteiger partial charge in [0.2, 0.25) is 0 Å². The number of anilines is 1. The van der Waals surface area contributed by atoms with Crippen molar-refractivity contribution in [3.63, 3.8) is 0 Å². The van der Waals surface area contributed by atoms with Crippen LogP contribution in [0.3, 0.4) is 0 Å². The smallest absolute Gasteiger partial charge is 0.417 e. The Morgan fingerprint density at radius 1 is 1.14 bits per heavy atom. The third-order valence-corrected chi connectivity index (χ3v) is 2.67. The summed E-state index contributed by atoms with van der Waals surface area (Å²) in [6, 6.07) is 11.4. The minimum Gasteiger partial charge on any atom is -0.507 e. The van der Waals surface area contributed by atoms with Crippen molar-refractivity contribution in [2.45, 2.75) is 0 Å². The van der Waals surface area contributed by atoms with Gasteiger partial charge < -0.3 is 14.9 Å². The van der Waals surface area contributed by atoms with Gasteiger partial charge in [0.1, 0.15) is 17.1 Å². The van der Waals surface area contributed by atoms with Gasteiger partial charge in [-0.05, 0) is 36.4 Å². The van der Waals surface area contributed by atoms with E-state index in [0.717, 1.165) is 12.1 Å². The lowest BCUT2D eigenvalue weighted by molar-refractivity contribution is 0.0693. The van der Waals surface area contributed by atoms with E-state index in [9.17, 15) is 14.7 Å². The van der Waals surface area contributed by atoms with E-state index in [0.29, 0.717) is 5.56 Å². The first-order chi connectivity index (χ1) is 10.5. The fraction of sp³-hybridized carbons (Fsp3) is 0. The number of rotatable bonds is 3. The normalized spacial score (nSPS) is 9.59. The van der Waals surface area contributed by atoms with Crippen LogP contribution in [0.15, 0.2) is 42.5 Å². The van der Waals surface area contributed by atoms with Gasteiger partial charge >= 0.3 is 12.1 Å². The summed E-state index contributed by atoms with van der Waals surface area (Å²) in [5.74, 6) is -1.50. The van der Waals surface area contributed by atoms with Gasteiger partial charge in [-0.1, -0.05) is 0 Å². The second-order valence-electron chi connectivity index (χ2n) is 4.19. The van der Waals surface area contributed by atoms with E-state index in [-0.39, 0.29) is 17.0 Å². The zero-order valence-electron chi connectivity index (χ0n) is 11.1. The molecule has 0 saturated heterocycles. The monoisotopic (exact) mass is 298 g/mol. The molecule has 0 fully saturated rings. The third-order valence-electron chi connectivity index (χ3n) is 2.67. The number of hydrogen-bond donors (Lipinski definition) is 3. The summed E-state index contributed by atoms with van der Waals surface area (Å²) in [6.07, 6.45) is -0.813. The molecule has 0 aliphatic heterocycles. The number of nitrogens with one attached hydrogen (secondary N) is 1. The molecule has 2 aromatic carbocycles. The average molecular weight is 298 g/mol. The Morgan fingerprint density at radius 2 is 1.82 bits per heavy atom. The van der Waals surface area contributed by atoms with Crippen LogP contribution in [0.1, 0.15) is 15.9 Å². The van der Waals surface area contributed by atoms with Crippen LogP contribution in [0, 0.1) is 11.3 Å². The van der Waals surface area contributed by atoms with Gasteiger partial charge in [0, 0.05) is 11.8 Å². The standard InChI is InChI=1S/C15H10N2O5/c16-8-9-1-4-11(5-2-9)22-15(21)17-10-3-6-12(14(19)20)13(18)7-10/h1-7,18H,(H,17,21)(H,19,20). The lowest BCUT2D eigenvalue weighted by Gasteiger charge is -2.08. The third kappa shape index (κ3) is 3.52. The van der Waals surface area contributed by atoms with E-state index in [2.05, 4.69) is 5.32 Å². The molecule has 0 aromatic heterocycles. The Kier molecular flexibility index (Phi) is 4.24. The van der Waals surface area contributed by atoms with Gasteiger partial charge in [0.05, 0.1) is 11.6 Å². The molecule has 0 unspecified atom stereocenters. The highest BCUT2D eigenvalue weighted by Gasteiger charge is 2.11. The summed E-state index contributed by atoms with van der Waals surface area (Å²) in [5, 5.41) is 29.3. The molecule has 0 heterocycles. The predicted octanol–water partition coefficient (Wildman–Crippen LogP) is 2.57. The van der Waals surface area contributed by atoms with E-state index >= 15 is 0 Å². The molecule has 0 spiro atoms. The number of benzene rings is 2. The van der Waals surface area contributed by atoms with Gasteiger partial charge in [-0.2, -0.15) is 5.26 Å². The molecule has 3 N–H and O–H groups in total. The Balaban J connectivity index is 2.04. The van der Waals surface area contributed by atoms with Crippen molar-refractivity contribution >= 4 is 17.7 Å². The molecule has 2 aromatic rings. The number of carboxylic acids is 1. The number of phenols is 1. The maximum atomic E-state index is 11.7. The highest BCUT2D eigenvalue weighted by Crippen LogP contribution is 2.22. The van der Waals surface area contributed by atoms with Crippen molar-refractivity contribution in [3.8, 4) is 17.6 Å². The summed E-state index contributed by atoms with van der Waals surface area (Å²) in [7, 11) is 0. The molecule has 0 saturated carbocycles. The van der Waals surface area contributed by atoms with Crippen LogP contribution in [-0.4, -0.2) is 22.3 Å². The fourth-order valence-corrected chi connectivity index (χ4v) is 1.64. The summed E-state index contributed by atoms with van der Waals surface area (Å²) in [6.45, 7) is 0. The molecule has 0 bridgehead atoms. The predicted molar refractivity (Wildman–Crippen MR) is 75.9 cm³/mol. The minimum absolute atomic E-state index is 0.182. The lowest BCUT2D eigenvalue weighted by atomic mass is 10.2. The van der Waals surface area contributed by atoms with E-state index in [1.54, 1.807) is 0 Å². The molecule has 0 atom stereocenters. The van der Waals surface area contributed by atoms with Crippen molar-refractivity contribution in [2.75, 3.05) is 5.32 Å². The molecule has 7 nitrogen and oxygen atoms in total. The summed E-state index contributed by atoms with van der Waals surface area (Å²) >= 11 is 0. The van der Waals surface area contributed by atoms with Crippen LogP contribution in [0.4, 0.5) is 10.5 Å². The number of ether oxygens (including phenoxy) is 1. The van der Waals surface area contributed by atoms with Crippen molar-refractivity contribution in [3.05, 3.63) is 53.6 Å². The van der Waals surface area contributed by atoms with Crippen LogP contribution in [-0.2, 0) is 0 Å². The van der Waals surface area contributed by atoms with Gasteiger partial charge in [0.25, 0.3) is 0 Å². The molecular formula is C15H10N2O5. The number of hydrogen-bond acceptors (Lipinski definition) is 5. The van der Waals surface area contributed by atoms with Crippen LogP contribution in [0.25, 0.3) is 0 Å². The van der Waals surface area contributed by atoms with Gasteiger partial charge in [-0.3, -0.25) is 5.32 Å². The van der Waals surface area contributed by atoms with Crippen LogP contribution < -0.4 is 10.1 Å². The Bertz CT molecular complexity index is 762. The first-order valence-electron chi connectivity index (χ1n) is 6.05. The molecule has 1 amide bonds.